The van der Waals surface area contributed by atoms with Crippen molar-refractivity contribution in [1.29, 1.82) is 0 Å². The van der Waals surface area contributed by atoms with Crippen LogP contribution in [-0.2, 0) is 13.0 Å². The minimum absolute atomic E-state index is 0.143. The maximum Gasteiger partial charge on any atom is 0.251 e. The first-order valence-electron chi connectivity index (χ1n) is 12.8. The monoisotopic (exact) mass is 502 g/mol. The Bertz CT molecular complexity index is 1170. The number of anilines is 1. The molecule has 3 aliphatic heterocycles. The van der Waals surface area contributed by atoms with Gasteiger partial charge in [-0.2, -0.15) is 0 Å². The summed E-state index contributed by atoms with van der Waals surface area (Å²) in [7, 11) is 0. The maximum atomic E-state index is 13.3. The number of H-pyrrole nitrogens is 1. The summed E-state index contributed by atoms with van der Waals surface area (Å²) < 4.78 is 51.6. The largest absolute Gasteiger partial charge is 0.371 e. The third-order valence-corrected chi connectivity index (χ3v) is 7.96. The highest BCUT2D eigenvalue weighted by molar-refractivity contribution is 5.84. The van der Waals surface area contributed by atoms with E-state index in [0.29, 0.717) is 17.6 Å². The van der Waals surface area contributed by atoms with Crippen molar-refractivity contribution >= 4 is 16.6 Å². The van der Waals surface area contributed by atoms with E-state index in [9.17, 15) is 17.6 Å². The van der Waals surface area contributed by atoms with E-state index in [4.69, 9.17) is 0 Å². The average molecular weight is 503 g/mol. The number of aromatic amines is 1. The molecule has 4 heterocycles. The number of piperidine rings is 1. The van der Waals surface area contributed by atoms with Crippen LogP contribution in [0.1, 0.15) is 37.4 Å². The highest BCUT2D eigenvalue weighted by Gasteiger charge is 2.38. The molecule has 0 amide bonds. The zero-order chi connectivity index (χ0) is 25.3. The van der Waals surface area contributed by atoms with E-state index in [0.717, 1.165) is 56.3 Å². The fourth-order valence-electron chi connectivity index (χ4n) is 6.12. The molecule has 3 aliphatic rings. The summed E-state index contributed by atoms with van der Waals surface area (Å²) in [5.41, 5.74) is 4.48. The summed E-state index contributed by atoms with van der Waals surface area (Å²) in [5.74, 6) is -0.983. The summed E-state index contributed by atoms with van der Waals surface area (Å²) in [6.07, 6.45) is 2.06. The molecular formula is C28H34F4N4. The molecular weight excluding hydrogens is 468 g/mol. The van der Waals surface area contributed by atoms with Gasteiger partial charge in [0.1, 0.15) is 11.6 Å². The van der Waals surface area contributed by atoms with Crippen LogP contribution < -0.4 is 10.2 Å². The first-order chi connectivity index (χ1) is 17.3. The number of hydrogen-bond donors (Lipinski definition) is 2. The second-order valence-electron chi connectivity index (χ2n) is 10.6. The van der Waals surface area contributed by atoms with Crippen molar-refractivity contribution in [2.24, 2.45) is 5.41 Å². The normalized spacial score (nSPS) is 24.3. The van der Waals surface area contributed by atoms with Crippen LogP contribution in [-0.4, -0.2) is 55.1 Å². The Morgan fingerprint density at radius 1 is 1.08 bits per heavy atom. The Morgan fingerprint density at radius 2 is 1.86 bits per heavy atom. The molecule has 2 aromatic carbocycles. The molecule has 0 saturated carbocycles. The molecule has 36 heavy (non-hydrogen) atoms. The molecule has 2 fully saturated rings. The fourth-order valence-corrected chi connectivity index (χ4v) is 6.12. The third-order valence-electron chi connectivity index (χ3n) is 7.96. The van der Waals surface area contributed by atoms with E-state index < -0.39 is 18.1 Å². The van der Waals surface area contributed by atoms with Crippen molar-refractivity contribution in [2.75, 3.05) is 37.6 Å². The second kappa shape index (κ2) is 10.4. The fraction of sp³-hybridized carbons (Fsp3) is 0.500. The molecule has 0 radical (unpaired) electrons. The lowest BCUT2D eigenvalue weighted by Crippen LogP contribution is -2.44. The third kappa shape index (κ3) is 5.39. The summed E-state index contributed by atoms with van der Waals surface area (Å²) >= 11 is 0. The number of fused-ring (bicyclic) bond motifs is 3. The molecule has 4 nitrogen and oxygen atoms in total. The SMILES string of the molecule is CC1Cc2c([nH]c3ccccc23)CN1CC(F)F.Fc1cc(F)cc(N2CCCC3(CCNC3)C2)c1. The highest BCUT2D eigenvalue weighted by atomic mass is 19.3. The van der Waals surface area contributed by atoms with Gasteiger partial charge < -0.3 is 15.2 Å². The van der Waals surface area contributed by atoms with Crippen molar-refractivity contribution in [1.82, 2.24) is 15.2 Å². The lowest BCUT2D eigenvalue weighted by atomic mass is 9.79. The Balaban J connectivity index is 0.000000148. The van der Waals surface area contributed by atoms with Gasteiger partial charge in [0.15, 0.2) is 0 Å². The smallest absolute Gasteiger partial charge is 0.251 e. The number of hydrogen-bond acceptors (Lipinski definition) is 3. The van der Waals surface area contributed by atoms with E-state index in [1.54, 1.807) is 0 Å². The Hall–Kier alpha value is -2.58. The van der Waals surface area contributed by atoms with Gasteiger partial charge >= 0.3 is 0 Å². The molecule has 8 heteroatoms. The topological polar surface area (TPSA) is 34.3 Å². The van der Waals surface area contributed by atoms with Crippen molar-refractivity contribution in [3.63, 3.8) is 0 Å². The summed E-state index contributed by atoms with van der Waals surface area (Å²) in [4.78, 5) is 7.33. The van der Waals surface area contributed by atoms with E-state index in [2.05, 4.69) is 21.3 Å². The minimum atomic E-state index is -2.27. The van der Waals surface area contributed by atoms with Gasteiger partial charge in [0.05, 0.1) is 6.54 Å². The number of rotatable bonds is 3. The molecule has 3 aromatic rings. The van der Waals surface area contributed by atoms with Gasteiger partial charge in [-0.05, 0) is 62.9 Å². The van der Waals surface area contributed by atoms with E-state index in [-0.39, 0.29) is 12.6 Å². The Kier molecular flexibility index (Phi) is 7.26. The minimum Gasteiger partial charge on any atom is -0.371 e. The summed E-state index contributed by atoms with van der Waals surface area (Å²) in [6, 6.07) is 12.1. The standard InChI is InChI=1S/C14H16F2N2.C14H18F2N2/c1-9-6-11-10-4-2-3-5-12(10)17-13(11)7-18(9)8-14(15)16;15-11-6-12(16)8-13(7-11)18-5-1-2-14(10-18)3-4-17-9-14/h2-5,9,14,17H,6-8H2,1H3;6-8,17H,1-5,9-10H2. The molecule has 194 valence electrons. The molecule has 2 atom stereocenters. The van der Waals surface area contributed by atoms with E-state index in [1.807, 2.05) is 30.0 Å². The van der Waals surface area contributed by atoms with Gasteiger partial charge in [0.25, 0.3) is 6.43 Å². The van der Waals surface area contributed by atoms with Crippen molar-refractivity contribution < 1.29 is 17.6 Å². The number of para-hydroxylation sites is 1. The molecule has 0 bridgehead atoms. The number of alkyl halides is 2. The van der Waals surface area contributed by atoms with Gasteiger partial charge in [-0.15, -0.1) is 0 Å². The molecule has 6 rings (SSSR count). The van der Waals surface area contributed by atoms with E-state index >= 15 is 0 Å². The average Bonchev–Trinajstić information content (AvgIpc) is 3.43. The van der Waals surface area contributed by atoms with Crippen LogP contribution in [0.15, 0.2) is 42.5 Å². The van der Waals surface area contributed by atoms with Crippen LogP contribution in [0, 0.1) is 17.0 Å². The zero-order valence-electron chi connectivity index (χ0n) is 20.7. The van der Waals surface area contributed by atoms with Crippen molar-refractivity contribution in [3.05, 3.63) is 65.4 Å². The molecule has 1 aromatic heterocycles. The lowest BCUT2D eigenvalue weighted by molar-refractivity contribution is 0.0597. The summed E-state index contributed by atoms with van der Waals surface area (Å²) in [6.45, 7) is 6.36. The van der Waals surface area contributed by atoms with Crippen LogP contribution in [0.4, 0.5) is 23.2 Å². The predicted molar refractivity (Wildman–Crippen MR) is 136 cm³/mol. The van der Waals surface area contributed by atoms with E-state index in [1.165, 1.54) is 35.9 Å². The van der Waals surface area contributed by atoms with Crippen LogP contribution >= 0.6 is 0 Å². The lowest BCUT2D eigenvalue weighted by Gasteiger charge is -2.41. The highest BCUT2D eigenvalue weighted by Crippen LogP contribution is 2.37. The number of halogens is 4. The summed E-state index contributed by atoms with van der Waals surface area (Å²) in [5, 5.41) is 4.64. The Labute approximate surface area is 209 Å². The molecule has 1 spiro atoms. The number of aromatic nitrogens is 1. The van der Waals surface area contributed by atoms with Crippen molar-refractivity contribution in [2.45, 2.75) is 51.6 Å². The second-order valence-corrected chi connectivity index (χ2v) is 10.6. The first kappa shape index (κ1) is 25.1. The van der Waals surface area contributed by atoms with Gasteiger partial charge in [0, 0.05) is 66.0 Å². The number of nitrogens with one attached hydrogen (secondary N) is 2. The molecule has 2 unspecified atom stereocenters. The predicted octanol–water partition coefficient (Wildman–Crippen LogP) is 5.72. The zero-order valence-corrected chi connectivity index (χ0v) is 20.7. The van der Waals surface area contributed by atoms with Crippen molar-refractivity contribution in [3.8, 4) is 0 Å². The van der Waals surface area contributed by atoms with Gasteiger partial charge in [-0.3, -0.25) is 4.90 Å². The van der Waals surface area contributed by atoms with Gasteiger partial charge in [-0.1, -0.05) is 18.2 Å². The number of nitrogens with zero attached hydrogens (tertiary/aromatic N) is 2. The quantitative estimate of drug-likeness (QED) is 0.450. The maximum absolute atomic E-state index is 13.3. The van der Waals surface area contributed by atoms with Gasteiger partial charge in [-0.25, -0.2) is 17.6 Å². The number of benzene rings is 2. The first-order valence-corrected chi connectivity index (χ1v) is 12.8. The van der Waals surface area contributed by atoms with Crippen LogP contribution in [0.3, 0.4) is 0 Å². The van der Waals surface area contributed by atoms with Gasteiger partial charge in [0.2, 0.25) is 0 Å². The van der Waals surface area contributed by atoms with Crippen LogP contribution in [0.25, 0.3) is 10.9 Å². The Morgan fingerprint density at radius 3 is 2.58 bits per heavy atom. The molecule has 0 aliphatic carbocycles. The molecule has 2 saturated heterocycles. The molecule has 2 N–H and O–H groups in total. The van der Waals surface area contributed by atoms with Crippen LogP contribution in [0.2, 0.25) is 0 Å². The van der Waals surface area contributed by atoms with Crippen LogP contribution in [0.5, 0.6) is 0 Å².